The highest BCUT2D eigenvalue weighted by atomic mass is 16.2. The Labute approximate surface area is 102 Å². The van der Waals surface area contributed by atoms with Crippen molar-refractivity contribution in [3.8, 4) is 0 Å². The summed E-state index contributed by atoms with van der Waals surface area (Å²) >= 11 is 0. The van der Waals surface area contributed by atoms with E-state index < -0.39 is 0 Å². The van der Waals surface area contributed by atoms with Gasteiger partial charge in [-0.25, -0.2) is 0 Å². The molecule has 1 aliphatic rings. The van der Waals surface area contributed by atoms with Crippen molar-refractivity contribution in [1.29, 1.82) is 0 Å². The van der Waals surface area contributed by atoms with Crippen LogP contribution < -0.4 is 0 Å². The summed E-state index contributed by atoms with van der Waals surface area (Å²) in [6, 6.07) is 2.19. The van der Waals surface area contributed by atoms with Crippen LogP contribution in [-0.2, 0) is 0 Å². The standard InChI is InChI=1S/C13H21N3O/c1-8(2)11-7-12(15-14-11)13(17)16(4)9(3)10-5-6-10/h7-10H,5-6H2,1-4H3,(H,14,15)/t9-/m1/s1. The first-order chi connectivity index (χ1) is 8.00. The van der Waals surface area contributed by atoms with Crippen LogP contribution in [0.25, 0.3) is 0 Å². The van der Waals surface area contributed by atoms with Gasteiger partial charge in [0.15, 0.2) is 0 Å². The lowest BCUT2D eigenvalue weighted by atomic mass is 10.1. The smallest absolute Gasteiger partial charge is 0.274 e. The predicted octanol–water partition coefficient (Wildman–Crippen LogP) is 2.40. The lowest BCUT2D eigenvalue weighted by Crippen LogP contribution is -2.36. The summed E-state index contributed by atoms with van der Waals surface area (Å²) in [6.07, 6.45) is 2.49. The second-order valence-corrected chi connectivity index (χ2v) is 5.36. The van der Waals surface area contributed by atoms with Gasteiger partial charge in [-0.15, -0.1) is 0 Å². The largest absolute Gasteiger partial charge is 0.337 e. The molecule has 1 aromatic heterocycles. The van der Waals surface area contributed by atoms with Crippen LogP contribution in [0.4, 0.5) is 0 Å². The second-order valence-electron chi connectivity index (χ2n) is 5.36. The van der Waals surface area contributed by atoms with Crippen LogP contribution in [0.2, 0.25) is 0 Å². The van der Waals surface area contributed by atoms with Gasteiger partial charge in [-0.05, 0) is 37.7 Å². The number of aromatic nitrogens is 2. The highest BCUT2D eigenvalue weighted by Crippen LogP contribution is 2.35. The maximum absolute atomic E-state index is 12.2. The molecular weight excluding hydrogens is 214 g/mol. The molecule has 1 aliphatic carbocycles. The van der Waals surface area contributed by atoms with Crippen molar-refractivity contribution in [2.24, 2.45) is 5.92 Å². The Kier molecular flexibility index (Phi) is 3.22. The van der Waals surface area contributed by atoms with Gasteiger partial charge in [0.1, 0.15) is 5.69 Å². The van der Waals surface area contributed by atoms with E-state index in [1.54, 1.807) is 0 Å². The van der Waals surface area contributed by atoms with Gasteiger partial charge in [0.2, 0.25) is 0 Å². The summed E-state index contributed by atoms with van der Waals surface area (Å²) in [6.45, 7) is 6.28. The van der Waals surface area contributed by atoms with Crippen molar-refractivity contribution < 1.29 is 4.79 Å². The number of amides is 1. The molecule has 0 aliphatic heterocycles. The molecule has 4 heteroatoms. The Balaban J connectivity index is 2.07. The molecule has 94 valence electrons. The van der Waals surface area contributed by atoms with Crippen LogP contribution >= 0.6 is 0 Å². The monoisotopic (exact) mass is 235 g/mol. The summed E-state index contributed by atoms with van der Waals surface area (Å²) in [7, 11) is 1.87. The maximum atomic E-state index is 12.2. The number of nitrogens with zero attached hydrogens (tertiary/aromatic N) is 2. The minimum absolute atomic E-state index is 0.0209. The maximum Gasteiger partial charge on any atom is 0.274 e. The van der Waals surface area contributed by atoms with E-state index in [9.17, 15) is 4.79 Å². The zero-order chi connectivity index (χ0) is 12.6. The van der Waals surface area contributed by atoms with Gasteiger partial charge >= 0.3 is 0 Å². The number of carbonyl (C=O) groups is 1. The molecule has 0 unspecified atom stereocenters. The summed E-state index contributed by atoms with van der Waals surface area (Å²) < 4.78 is 0. The van der Waals surface area contributed by atoms with Gasteiger partial charge in [0.05, 0.1) is 0 Å². The van der Waals surface area contributed by atoms with Crippen molar-refractivity contribution in [3.05, 3.63) is 17.5 Å². The number of nitrogens with one attached hydrogen (secondary N) is 1. The van der Waals surface area contributed by atoms with Crippen molar-refractivity contribution in [2.75, 3.05) is 7.05 Å². The molecule has 1 heterocycles. The molecule has 0 spiro atoms. The molecule has 1 fully saturated rings. The lowest BCUT2D eigenvalue weighted by Gasteiger charge is -2.23. The van der Waals surface area contributed by atoms with Crippen LogP contribution in [0.1, 0.15) is 55.7 Å². The topological polar surface area (TPSA) is 49.0 Å². The van der Waals surface area contributed by atoms with E-state index in [0.29, 0.717) is 23.6 Å². The van der Waals surface area contributed by atoms with Gasteiger partial charge in [-0.3, -0.25) is 9.89 Å². The Hall–Kier alpha value is -1.32. The molecule has 1 aromatic rings. The third-order valence-electron chi connectivity index (χ3n) is 3.67. The molecule has 1 atom stereocenters. The normalized spacial score (nSPS) is 17.2. The zero-order valence-corrected chi connectivity index (χ0v) is 11.0. The summed E-state index contributed by atoms with van der Waals surface area (Å²) in [5, 5.41) is 7.03. The van der Waals surface area contributed by atoms with Gasteiger partial charge in [-0.1, -0.05) is 13.8 Å². The minimum Gasteiger partial charge on any atom is -0.337 e. The average molecular weight is 235 g/mol. The summed E-state index contributed by atoms with van der Waals surface area (Å²) in [4.78, 5) is 14.0. The molecular formula is C13H21N3O. The van der Waals surface area contributed by atoms with Crippen LogP contribution in [-0.4, -0.2) is 34.1 Å². The third-order valence-corrected chi connectivity index (χ3v) is 3.67. The van der Waals surface area contributed by atoms with E-state index in [1.165, 1.54) is 12.8 Å². The van der Waals surface area contributed by atoms with Crippen LogP contribution in [0.15, 0.2) is 6.07 Å². The first kappa shape index (κ1) is 12.1. The zero-order valence-electron chi connectivity index (χ0n) is 11.0. The van der Waals surface area contributed by atoms with E-state index in [2.05, 4.69) is 31.0 Å². The molecule has 1 saturated carbocycles. The van der Waals surface area contributed by atoms with E-state index in [-0.39, 0.29) is 5.91 Å². The van der Waals surface area contributed by atoms with Crippen LogP contribution in [0.3, 0.4) is 0 Å². The fourth-order valence-electron chi connectivity index (χ4n) is 2.00. The molecule has 17 heavy (non-hydrogen) atoms. The fourth-order valence-corrected chi connectivity index (χ4v) is 2.00. The molecule has 0 radical (unpaired) electrons. The van der Waals surface area contributed by atoms with E-state index in [4.69, 9.17) is 0 Å². The van der Waals surface area contributed by atoms with E-state index in [1.807, 2.05) is 18.0 Å². The highest BCUT2D eigenvalue weighted by Gasteiger charge is 2.33. The average Bonchev–Trinajstić information content (AvgIpc) is 3.03. The van der Waals surface area contributed by atoms with Gasteiger partial charge in [0.25, 0.3) is 5.91 Å². The first-order valence-electron chi connectivity index (χ1n) is 6.33. The molecule has 0 bridgehead atoms. The number of carbonyl (C=O) groups excluding carboxylic acids is 1. The van der Waals surface area contributed by atoms with E-state index in [0.717, 1.165) is 5.69 Å². The Morgan fingerprint density at radius 1 is 1.47 bits per heavy atom. The van der Waals surface area contributed by atoms with Crippen molar-refractivity contribution in [1.82, 2.24) is 15.1 Å². The number of hydrogen-bond donors (Lipinski definition) is 1. The van der Waals surface area contributed by atoms with Crippen LogP contribution in [0.5, 0.6) is 0 Å². The van der Waals surface area contributed by atoms with Crippen molar-refractivity contribution in [2.45, 2.75) is 45.6 Å². The third kappa shape index (κ3) is 2.51. The number of H-pyrrole nitrogens is 1. The summed E-state index contributed by atoms with van der Waals surface area (Å²) in [5.74, 6) is 1.08. The second kappa shape index (κ2) is 4.51. The number of hydrogen-bond acceptors (Lipinski definition) is 2. The quantitative estimate of drug-likeness (QED) is 0.871. The number of rotatable bonds is 4. The van der Waals surface area contributed by atoms with Gasteiger partial charge in [0, 0.05) is 18.8 Å². The number of aromatic amines is 1. The Morgan fingerprint density at radius 3 is 2.59 bits per heavy atom. The minimum atomic E-state index is 0.0209. The van der Waals surface area contributed by atoms with Gasteiger partial charge in [-0.2, -0.15) is 5.10 Å². The van der Waals surface area contributed by atoms with Gasteiger partial charge < -0.3 is 4.90 Å². The SMILES string of the molecule is CC(C)c1cc(C(=O)N(C)[C@H](C)C2CC2)n[nH]1. The summed E-state index contributed by atoms with van der Waals surface area (Å²) in [5.41, 5.74) is 1.55. The molecule has 1 N–H and O–H groups in total. The predicted molar refractivity (Wildman–Crippen MR) is 67.0 cm³/mol. The molecule has 0 saturated heterocycles. The Morgan fingerprint density at radius 2 is 2.12 bits per heavy atom. The van der Waals surface area contributed by atoms with Crippen molar-refractivity contribution >= 4 is 5.91 Å². The highest BCUT2D eigenvalue weighted by molar-refractivity contribution is 5.92. The lowest BCUT2D eigenvalue weighted by molar-refractivity contribution is 0.0721. The molecule has 0 aromatic carbocycles. The van der Waals surface area contributed by atoms with E-state index >= 15 is 0 Å². The Bertz CT molecular complexity index is 407. The first-order valence-corrected chi connectivity index (χ1v) is 6.33. The van der Waals surface area contributed by atoms with Crippen molar-refractivity contribution in [3.63, 3.8) is 0 Å². The molecule has 4 nitrogen and oxygen atoms in total. The molecule has 1 amide bonds. The van der Waals surface area contributed by atoms with Crippen LogP contribution in [0, 0.1) is 5.92 Å². The fraction of sp³-hybridized carbons (Fsp3) is 0.692. The molecule has 2 rings (SSSR count).